The Morgan fingerprint density at radius 2 is 1.89 bits per heavy atom. The number of hydrogen-bond donors (Lipinski definition) is 2. The molecule has 0 aliphatic heterocycles. The Morgan fingerprint density at radius 3 is 2.42 bits per heavy atom. The fraction of sp³-hybridized carbons (Fsp3) is 0.375. The van der Waals surface area contributed by atoms with Gasteiger partial charge in [0.15, 0.2) is 0 Å². The van der Waals surface area contributed by atoms with Gasteiger partial charge in [-0.25, -0.2) is 0 Å². The maximum Gasteiger partial charge on any atom is 0.0452 e. The van der Waals surface area contributed by atoms with E-state index < -0.39 is 0 Å². The van der Waals surface area contributed by atoms with Crippen molar-refractivity contribution in [1.29, 1.82) is 0 Å². The Kier molecular flexibility index (Phi) is 4.75. The molecule has 1 atom stereocenters. The predicted octanol–water partition coefficient (Wildman–Crippen LogP) is 3.46. The molecule has 0 radical (unpaired) electrons. The van der Waals surface area contributed by atoms with Gasteiger partial charge in [0.2, 0.25) is 0 Å². The molecule has 2 aromatic rings. The van der Waals surface area contributed by atoms with E-state index in [9.17, 15) is 0 Å². The molecule has 102 valence electrons. The van der Waals surface area contributed by atoms with Crippen molar-refractivity contribution in [1.82, 2.24) is 5.32 Å². The number of hydrogen-bond acceptors (Lipinski definition) is 3. The van der Waals surface area contributed by atoms with E-state index in [4.69, 9.17) is 5.73 Å². The van der Waals surface area contributed by atoms with Crippen LogP contribution in [0, 0.1) is 20.8 Å². The van der Waals surface area contributed by atoms with Crippen molar-refractivity contribution < 1.29 is 0 Å². The van der Waals surface area contributed by atoms with Crippen molar-refractivity contribution >= 4 is 11.3 Å². The van der Waals surface area contributed by atoms with Gasteiger partial charge in [-0.1, -0.05) is 23.8 Å². The molecule has 2 rings (SSSR count). The van der Waals surface area contributed by atoms with E-state index in [1.807, 2.05) is 0 Å². The molecule has 1 unspecified atom stereocenters. The van der Waals surface area contributed by atoms with Gasteiger partial charge in [-0.15, -0.1) is 11.3 Å². The number of thiophene rings is 1. The summed E-state index contributed by atoms with van der Waals surface area (Å²) in [6, 6.07) is 8.93. The summed E-state index contributed by atoms with van der Waals surface area (Å²) in [6.45, 7) is 7.98. The van der Waals surface area contributed by atoms with Crippen LogP contribution in [-0.4, -0.2) is 6.54 Å². The molecule has 1 aromatic carbocycles. The molecule has 3 heteroatoms. The third kappa shape index (κ3) is 3.44. The Morgan fingerprint density at radius 1 is 1.21 bits per heavy atom. The van der Waals surface area contributed by atoms with Crippen LogP contribution in [0.15, 0.2) is 29.6 Å². The first-order valence-electron chi connectivity index (χ1n) is 6.65. The first-order valence-corrected chi connectivity index (χ1v) is 7.53. The van der Waals surface area contributed by atoms with E-state index in [0.717, 1.165) is 6.54 Å². The second-order valence-electron chi connectivity index (χ2n) is 5.06. The fourth-order valence-corrected chi connectivity index (χ4v) is 3.34. The highest BCUT2D eigenvalue weighted by Crippen LogP contribution is 2.23. The Hall–Kier alpha value is -1.16. The monoisotopic (exact) mass is 274 g/mol. The predicted molar refractivity (Wildman–Crippen MR) is 83.6 cm³/mol. The summed E-state index contributed by atoms with van der Waals surface area (Å²) < 4.78 is 0. The molecule has 0 aliphatic carbocycles. The fourth-order valence-electron chi connectivity index (χ4n) is 2.68. The highest BCUT2D eigenvalue weighted by molar-refractivity contribution is 7.09. The minimum atomic E-state index is 0.225. The van der Waals surface area contributed by atoms with Gasteiger partial charge >= 0.3 is 0 Å². The van der Waals surface area contributed by atoms with Crippen LogP contribution >= 0.6 is 11.3 Å². The lowest BCUT2D eigenvalue weighted by atomic mass is 9.94. The van der Waals surface area contributed by atoms with E-state index in [0.29, 0.717) is 6.54 Å². The first kappa shape index (κ1) is 14.3. The molecule has 1 aromatic heterocycles. The lowest BCUT2D eigenvalue weighted by molar-refractivity contribution is 0.540. The Labute approximate surface area is 119 Å². The summed E-state index contributed by atoms with van der Waals surface area (Å²) in [5.41, 5.74) is 11.3. The number of rotatable bonds is 5. The smallest absolute Gasteiger partial charge is 0.0452 e. The zero-order valence-electron chi connectivity index (χ0n) is 11.9. The molecule has 3 N–H and O–H groups in total. The van der Waals surface area contributed by atoms with Crippen LogP contribution in [0.3, 0.4) is 0 Å². The van der Waals surface area contributed by atoms with Crippen molar-refractivity contribution in [2.45, 2.75) is 33.4 Å². The number of aryl methyl sites for hydroxylation is 3. The summed E-state index contributed by atoms with van der Waals surface area (Å²) in [6.07, 6.45) is 0. The van der Waals surface area contributed by atoms with Crippen LogP contribution in [0.1, 0.15) is 33.2 Å². The maximum absolute atomic E-state index is 5.96. The maximum atomic E-state index is 5.96. The van der Waals surface area contributed by atoms with Gasteiger partial charge in [0, 0.05) is 24.0 Å². The summed E-state index contributed by atoms with van der Waals surface area (Å²) in [5, 5.41) is 5.68. The van der Waals surface area contributed by atoms with Gasteiger partial charge in [-0.2, -0.15) is 0 Å². The number of nitrogens with two attached hydrogens (primary N) is 1. The highest BCUT2D eigenvalue weighted by Gasteiger charge is 2.14. The summed E-state index contributed by atoms with van der Waals surface area (Å²) in [7, 11) is 0. The van der Waals surface area contributed by atoms with Gasteiger partial charge in [0.05, 0.1) is 0 Å². The lowest BCUT2D eigenvalue weighted by Crippen LogP contribution is -2.29. The van der Waals surface area contributed by atoms with Crippen LogP contribution in [0.5, 0.6) is 0 Å². The Balaban J connectivity index is 2.17. The molecular weight excluding hydrogens is 252 g/mol. The van der Waals surface area contributed by atoms with E-state index in [1.165, 1.54) is 27.1 Å². The first-order chi connectivity index (χ1) is 9.11. The van der Waals surface area contributed by atoms with Crippen molar-refractivity contribution in [2.75, 3.05) is 6.54 Å². The van der Waals surface area contributed by atoms with Crippen LogP contribution < -0.4 is 11.1 Å². The zero-order valence-corrected chi connectivity index (χ0v) is 12.7. The van der Waals surface area contributed by atoms with Crippen molar-refractivity contribution in [3.8, 4) is 0 Å². The van der Waals surface area contributed by atoms with Crippen molar-refractivity contribution in [3.63, 3.8) is 0 Å². The molecule has 1 heterocycles. The molecule has 19 heavy (non-hydrogen) atoms. The Bertz CT molecular complexity index is 509. The second kappa shape index (κ2) is 6.33. The third-order valence-electron chi connectivity index (χ3n) is 3.42. The number of nitrogens with one attached hydrogen (secondary N) is 1. The standard InChI is InChI=1S/C16H22N2S/c1-11-7-12(2)16(13(3)8-11)15(9-17)18-10-14-5-4-6-19-14/h4-8,15,18H,9-10,17H2,1-3H3. The quantitative estimate of drug-likeness (QED) is 0.876. The highest BCUT2D eigenvalue weighted by atomic mass is 32.1. The van der Waals surface area contributed by atoms with E-state index in [-0.39, 0.29) is 6.04 Å². The summed E-state index contributed by atoms with van der Waals surface area (Å²) >= 11 is 1.78. The topological polar surface area (TPSA) is 38.0 Å². The molecule has 0 aliphatic rings. The largest absolute Gasteiger partial charge is 0.329 e. The summed E-state index contributed by atoms with van der Waals surface area (Å²) in [4.78, 5) is 1.35. The summed E-state index contributed by atoms with van der Waals surface area (Å²) in [5.74, 6) is 0. The van der Waals surface area contributed by atoms with Gasteiger partial charge in [0.1, 0.15) is 0 Å². The average Bonchev–Trinajstić information content (AvgIpc) is 2.85. The minimum Gasteiger partial charge on any atom is -0.329 e. The van der Waals surface area contributed by atoms with Gasteiger partial charge in [-0.3, -0.25) is 0 Å². The van der Waals surface area contributed by atoms with Crippen LogP contribution in [-0.2, 0) is 6.54 Å². The lowest BCUT2D eigenvalue weighted by Gasteiger charge is -2.22. The normalized spacial score (nSPS) is 12.6. The molecule has 0 spiro atoms. The molecule has 0 bridgehead atoms. The van der Waals surface area contributed by atoms with E-state index in [2.05, 4.69) is 55.7 Å². The van der Waals surface area contributed by atoms with Crippen LogP contribution in [0.25, 0.3) is 0 Å². The van der Waals surface area contributed by atoms with Crippen LogP contribution in [0.2, 0.25) is 0 Å². The molecule has 0 saturated carbocycles. The number of benzene rings is 1. The minimum absolute atomic E-state index is 0.225. The second-order valence-corrected chi connectivity index (χ2v) is 6.09. The molecule has 2 nitrogen and oxygen atoms in total. The van der Waals surface area contributed by atoms with Crippen LogP contribution in [0.4, 0.5) is 0 Å². The van der Waals surface area contributed by atoms with Gasteiger partial charge in [0.25, 0.3) is 0 Å². The molecule has 0 amide bonds. The van der Waals surface area contributed by atoms with Crippen molar-refractivity contribution in [3.05, 3.63) is 56.8 Å². The van der Waals surface area contributed by atoms with E-state index >= 15 is 0 Å². The third-order valence-corrected chi connectivity index (χ3v) is 4.30. The van der Waals surface area contributed by atoms with Crippen molar-refractivity contribution in [2.24, 2.45) is 5.73 Å². The SMILES string of the molecule is Cc1cc(C)c(C(CN)NCc2cccs2)c(C)c1. The zero-order chi connectivity index (χ0) is 13.8. The molecule has 0 fully saturated rings. The average molecular weight is 274 g/mol. The van der Waals surface area contributed by atoms with Gasteiger partial charge in [-0.05, 0) is 48.9 Å². The van der Waals surface area contributed by atoms with E-state index in [1.54, 1.807) is 11.3 Å². The molecule has 0 saturated heterocycles. The molecular formula is C16H22N2S. The van der Waals surface area contributed by atoms with Gasteiger partial charge < -0.3 is 11.1 Å².